The van der Waals surface area contributed by atoms with Crippen molar-refractivity contribution in [2.45, 2.75) is 26.3 Å². The van der Waals surface area contributed by atoms with Crippen molar-refractivity contribution >= 4 is 5.91 Å². The molecule has 144 valence electrons. The predicted octanol–water partition coefficient (Wildman–Crippen LogP) is 4.16. The molecule has 5 nitrogen and oxygen atoms in total. The van der Waals surface area contributed by atoms with Gasteiger partial charge in [-0.25, -0.2) is 0 Å². The summed E-state index contributed by atoms with van der Waals surface area (Å²) in [7, 11) is 3.45. The summed E-state index contributed by atoms with van der Waals surface area (Å²) in [6.07, 6.45) is 5.95. The molecule has 0 aliphatic heterocycles. The molecule has 2 aromatic heterocycles. The predicted molar refractivity (Wildman–Crippen MR) is 110 cm³/mol. The van der Waals surface area contributed by atoms with Gasteiger partial charge in [-0.3, -0.25) is 14.8 Å². The smallest absolute Gasteiger partial charge is 0.253 e. The van der Waals surface area contributed by atoms with Crippen LogP contribution < -0.4 is 4.74 Å². The first-order chi connectivity index (χ1) is 13.5. The van der Waals surface area contributed by atoms with Gasteiger partial charge in [-0.1, -0.05) is 12.1 Å². The molecule has 0 fully saturated rings. The van der Waals surface area contributed by atoms with E-state index in [2.05, 4.69) is 16.0 Å². The van der Waals surface area contributed by atoms with Crippen molar-refractivity contribution in [1.82, 2.24) is 14.9 Å². The van der Waals surface area contributed by atoms with Gasteiger partial charge in [0.1, 0.15) is 5.75 Å². The number of carbonyl (C=O) groups is 1. The monoisotopic (exact) mass is 375 g/mol. The van der Waals surface area contributed by atoms with Gasteiger partial charge >= 0.3 is 0 Å². The highest BCUT2D eigenvalue weighted by Crippen LogP contribution is 2.24. The van der Waals surface area contributed by atoms with Crippen LogP contribution >= 0.6 is 0 Å². The third-order valence-electron chi connectivity index (χ3n) is 4.85. The summed E-state index contributed by atoms with van der Waals surface area (Å²) in [6, 6.07) is 13.6. The lowest BCUT2D eigenvalue weighted by atomic mass is 10.0. The molecule has 0 bridgehead atoms. The van der Waals surface area contributed by atoms with Crippen LogP contribution in [0.5, 0.6) is 5.75 Å². The minimum absolute atomic E-state index is 0.0159. The molecular weight excluding hydrogens is 350 g/mol. The maximum absolute atomic E-state index is 13.0. The molecule has 1 atom stereocenters. The molecule has 0 saturated heterocycles. The summed E-state index contributed by atoms with van der Waals surface area (Å²) in [4.78, 5) is 23.4. The van der Waals surface area contributed by atoms with E-state index in [4.69, 9.17) is 4.74 Å². The number of amides is 1. The Bertz CT molecular complexity index is 971. The first-order valence-electron chi connectivity index (χ1n) is 9.26. The second-order valence-electron chi connectivity index (χ2n) is 6.99. The van der Waals surface area contributed by atoms with Gasteiger partial charge in [0, 0.05) is 48.7 Å². The summed E-state index contributed by atoms with van der Waals surface area (Å²) >= 11 is 0. The Morgan fingerprint density at radius 2 is 1.96 bits per heavy atom. The van der Waals surface area contributed by atoms with Crippen LogP contribution in [0.2, 0.25) is 0 Å². The number of ether oxygens (including phenoxy) is 1. The molecule has 0 aliphatic rings. The lowest BCUT2D eigenvalue weighted by Gasteiger charge is -2.25. The molecule has 3 rings (SSSR count). The summed E-state index contributed by atoms with van der Waals surface area (Å²) in [5.74, 6) is 0.670. The van der Waals surface area contributed by atoms with Gasteiger partial charge in [0.15, 0.2) is 0 Å². The number of likely N-dealkylation sites (N-methyl/N-ethyl adjacent to an activating group) is 1. The molecule has 28 heavy (non-hydrogen) atoms. The number of hydrogen-bond acceptors (Lipinski definition) is 4. The van der Waals surface area contributed by atoms with Crippen LogP contribution in [0.4, 0.5) is 0 Å². The van der Waals surface area contributed by atoms with Gasteiger partial charge in [-0.05, 0) is 55.3 Å². The van der Waals surface area contributed by atoms with Gasteiger partial charge in [0.25, 0.3) is 5.91 Å². The van der Waals surface area contributed by atoms with E-state index in [1.807, 2.05) is 63.5 Å². The molecule has 2 heterocycles. The van der Waals surface area contributed by atoms with Crippen molar-refractivity contribution in [2.75, 3.05) is 14.2 Å². The van der Waals surface area contributed by atoms with Crippen LogP contribution in [-0.2, 0) is 6.42 Å². The number of hydrogen-bond donors (Lipinski definition) is 0. The fraction of sp³-hybridized carbons (Fsp3) is 0.261. The minimum Gasteiger partial charge on any atom is -0.495 e. The number of rotatable bonds is 6. The molecule has 0 aliphatic carbocycles. The molecule has 5 heteroatoms. The fourth-order valence-electron chi connectivity index (χ4n) is 3.07. The van der Waals surface area contributed by atoms with Crippen LogP contribution in [0.25, 0.3) is 11.1 Å². The Morgan fingerprint density at radius 3 is 2.71 bits per heavy atom. The molecule has 0 saturated carbocycles. The van der Waals surface area contributed by atoms with Gasteiger partial charge in [0.2, 0.25) is 0 Å². The van der Waals surface area contributed by atoms with E-state index in [-0.39, 0.29) is 11.9 Å². The van der Waals surface area contributed by atoms with Crippen LogP contribution in [0, 0.1) is 6.92 Å². The molecule has 0 radical (unpaired) electrons. The fourth-order valence-corrected chi connectivity index (χ4v) is 3.07. The first-order valence-corrected chi connectivity index (χ1v) is 9.26. The maximum Gasteiger partial charge on any atom is 0.253 e. The minimum atomic E-state index is -0.0159. The van der Waals surface area contributed by atoms with Crippen molar-refractivity contribution in [1.29, 1.82) is 0 Å². The SMILES string of the molecule is COc1cncc(-c2cccc(C(=O)N(C)[C@H](C)Cc3cc(C)ccn3)c2)c1. The Morgan fingerprint density at radius 1 is 1.14 bits per heavy atom. The lowest BCUT2D eigenvalue weighted by molar-refractivity contribution is 0.0743. The van der Waals surface area contributed by atoms with Crippen LogP contribution in [0.15, 0.2) is 61.1 Å². The third-order valence-corrected chi connectivity index (χ3v) is 4.85. The molecule has 0 unspecified atom stereocenters. The highest BCUT2D eigenvalue weighted by Gasteiger charge is 2.19. The normalized spacial score (nSPS) is 11.7. The Balaban J connectivity index is 1.77. The van der Waals surface area contributed by atoms with Gasteiger partial charge in [0.05, 0.1) is 13.3 Å². The highest BCUT2D eigenvalue weighted by molar-refractivity contribution is 5.95. The zero-order chi connectivity index (χ0) is 20.1. The molecule has 1 aromatic carbocycles. The van der Waals surface area contributed by atoms with E-state index in [0.29, 0.717) is 17.7 Å². The zero-order valence-electron chi connectivity index (χ0n) is 16.7. The summed E-state index contributed by atoms with van der Waals surface area (Å²) in [6.45, 7) is 4.08. The number of methoxy groups -OCH3 is 1. The van der Waals surface area contributed by atoms with Crippen molar-refractivity contribution < 1.29 is 9.53 Å². The number of aryl methyl sites for hydroxylation is 1. The number of aromatic nitrogens is 2. The van der Waals surface area contributed by atoms with E-state index in [9.17, 15) is 4.79 Å². The van der Waals surface area contributed by atoms with Gasteiger partial charge < -0.3 is 9.64 Å². The standard InChI is InChI=1S/C23H25N3O2/c1-16-8-9-25-21(10-16)11-17(2)26(3)23(27)19-7-5-6-18(12-19)20-13-22(28-4)15-24-14-20/h5-10,12-15,17H,11H2,1-4H3/t17-/m1/s1. The molecule has 0 spiro atoms. The number of benzene rings is 1. The van der Waals surface area contributed by atoms with Crippen LogP contribution in [0.3, 0.4) is 0 Å². The van der Waals surface area contributed by atoms with Crippen molar-refractivity contribution in [3.8, 4) is 16.9 Å². The molecule has 3 aromatic rings. The van der Waals surface area contributed by atoms with Crippen LogP contribution in [0.1, 0.15) is 28.5 Å². The number of carbonyl (C=O) groups excluding carboxylic acids is 1. The van der Waals surface area contributed by atoms with Crippen molar-refractivity contribution in [3.63, 3.8) is 0 Å². The zero-order valence-corrected chi connectivity index (χ0v) is 16.7. The van der Waals surface area contributed by atoms with E-state index in [1.165, 1.54) is 5.56 Å². The summed E-state index contributed by atoms with van der Waals surface area (Å²) in [5.41, 5.74) is 4.65. The highest BCUT2D eigenvalue weighted by atomic mass is 16.5. The largest absolute Gasteiger partial charge is 0.495 e. The quantitative estimate of drug-likeness (QED) is 0.649. The van der Waals surface area contributed by atoms with E-state index in [1.54, 1.807) is 24.4 Å². The third kappa shape index (κ3) is 4.55. The molecule has 0 N–H and O–H groups in total. The average Bonchev–Trinajstić information content (AvgIpc) is 2.72. The lowest BCUT2D eigenvalue weighted by Crippen LogP contribution is -2.36. The summed E-state index contributed by atoms with van der Waals surface area (Å²) in [5, 5.41) is 0. The molecule has 1 amide bonds. The summed E-state index contributed by atoms with van der Waals surface area (Å²) < 4.78 is 5.25. The first kappa shape index (κ1) is 19.5. The Kier molecular flexibility index (Phi) is 6.04. The Hall–Kier alpha value is -3.21. The number of pyridine rings is 2. The Labute approximate surface area is 166 Å². The maximum atomic E-state index is 13.0. The number of nitrogens with zero attached hydrogens (tertiary/aromatic N) is 3. The second-order valence-corrected chi connectivity index (χ2v) is 6.99. The van der Waals surface area contributed by atoms with Crippen molar-refractivity contribution in [2.24, 2.45) is 0 Å². The van der Waals surface area contributed by atoms with E-state index >= 15 is 0 Å². The van der Waals surface area contributed by atoms with Gasteiger partial charge in [-0.2, -0.15) is 0 Å². The van der Waals surface area contributed by atoms with Crippen molar-refractivity contribution in [3.05, 3.63) is 77.9 Å². The molecular formula is C23H25N3O2. The van der Waals surface area contributed by atoms with Crippen LogP contribution in [-0.4, -0.2) is 41.0 Å². The van der Waals surface area contributed by atoms with Gasteiger partial charge in [-0.15, -0.1) is 0 Å². The average molecular weight is 375 g/mol. The van der Waals surface area contributed by atoms with E-state index < -0.39 is 0 Å². The van der Waals surface area contributed by atoms with E-state index in [0.717, 1.165) is 16.8 Å². The second kappa shape index (κ2) is 8.65. The topological polar surface area (TPSA) is 55.3 Å².